The van der Waals surface area contributed by atoms with Crippen molar-refractivity contribution in [2.75, 3.05) is 7.05 Å². The van der Waals surface area contributed by atoms with Crippen LogP contribution in [-0.4, -0.2) is 40.8 Å². The molecule has 0 spiro atoms. The third kappa shape index (κ3) is 5.39. The van der Waals surface area contributed by atoms with Gasteiger partial charge in [-0.1, -0.05) is 32.1 Å². The highest BCUT2D eigenvalue weighted by Gasteiger charge is 2.32. The maximum atomic E-state index is 12.0. The summed E-state index contributed by atoms with van der Waals surface area (Å²) >= 11 is 0. The molecule has 5 nitrogen and oxygen atoms in total. The normalized spacial score (nSPS) is 18.4. The second-order valence-electron chi connectivity index (χ2n) is 6.69. The zero-order valence-corrected chi connectivity index (χ0v) is 13.0. The summed E-state index contributed by atoms with van der Waals surface area (Å²) in [6, 6.07) is -0.798. The monoisotopic (exact) mass is 285 g/mol. The summed E-state index contributed by atoms with van der Waals surface area (Å²) in [4.78, 5) is 24.6. The van der Waals surface area contributed by atoms with Gasteiger partial charge in [0.25, 0.3) is 0 Å². The van der Waals surface area contributed by atoms with Gasteiger partial charge in [-0.25, -0.2) is 9.59 Å². The summed E-state index contributed by atoms with van der Waals surface area (Å²) in [5, 5.41) is 9.37. The standard InChI is InChI=1S/C15H27NO4/c1-15(2,3)20-14(19)16(4)12(13(17)18)10-11-8-6-5-7-9-11/h11-12H,5-10H2,1-4H3,(H,17,18). The lowest BCUT2D eigenvalue weighted by Crippen LogP contribution is -2.45. The second-order valence-corrected chi connectivity index (χ2v) is 6.69. The van der Waals surface area contributed by atoms with Crippen LogP contribution in [0.3, 0.4) is 0 Å². The summed E-state index contributed by atoms with van der Waals surface area (Å²) in [5.41, 5.74) is -0.612. The van der Waals surface area contributed by atoms with Gasteiger partial charge in [0.2, 0.25) is 0 Å². The fraction of sp³-hybridized carbons (Fsp3) is 0.867. The molecule has 5 heteroatoms. The van der Waals surface area contributed by atoms with Crippen LogP contribution in [0.5, 0.6) is 0 Å². The van der Waals surface area contributed by atoms with Gasteiger partial charge in [-0.15, -0.1) is 0 Å². The van der Waals surface area contributed by atoms with Crippen LogP contribution in [0.25, 0.3) is 0 Å². The molecule has 20 heavy (non-hydrogen) atoms. The first kappa shape index (κ1) is 16.8. The minimum atomic E-state index is -0.955. The summed E-state index contributed by atoms with van der Waals surface area (Å²) < 4.78 is 5.24. The quantitative estimate of drug-likeness (QED) is 0.860. The van der Waals surface area contributed by atoms with Crippen molar-refractivity contribution < 1.29 is 19.4 Å². The Morgan fingerprint density at radius 2 is 1.80 bits per heavy atom. The van der Waals surface area contributed by atoms with E-state index in [0.717, 1.165) is 25.7 Å². The Kier molecular flexibility index (Phi) is 5.84. The van der Waals surface area contributed by atoms with Gasteiger partial charge in [-0.2, -0.15) is 0 Å². The summed E-state index contributed by atoms with van der Waals surface area (Å²) in [6.07, 6.45) is 5.63. The molecule has 0 heterocycles. The third-order valence-electron chi connectivity index (χ3n) is 3.72. The van der Waals surface area contributed by atoms with Crippen LogP contribution in [0.4, 0.5) is 4.79 Å². The van der Waals surface area contributed by atoms with Crippen LogP contribution in [-0.2, 0) is 9.53 Å². The topological polar surface area (TPSA) is 66.8 Å². The molecule has 1 rings (SSSR count). The SMILES string of the molecule is CN(C(=O)OC(C)(C)C)C(CC1CCCCC1)C(=O)O. The average molecular weight is 285 g/mol. The molecule has 116 valence electrons. The van der Waals surface area contributed by atoms with Crippen LogP contribution < -0.4 is 0 Å². The highest BCUT2D eigenvalue weighted by Crippen LogP contribution is 2.28. The Hall–Kier alpha value is -1.26. The molecular weight excluding hydrogens is 258 g/mol. The van der Waals surface area contributed by atoms with E-state index >= 15 is 0 Å². The molecule has 1 aliphatic carbocycles. The van der Waals surface area contributed by atoms with Crippen LogP contribution in [0.2, 0.25) is 0 Å². The van der Waals surface area contributed by atoms with Crippen molar-refractivity contribution in [1.29, 1.82) is 0 Å². The highest BCUT2D eigenvalue weighted by atomic mass is 16.6. The Bertz CT molecular complexity index is 342. The van der Waals surface area contributed by atoms with E-state index in [4.69, 9.17) is 4.74 Å². The minimum absolute atomic E-state index is 0.398. The van der Waals surface area contributed by atoms with Crippen LogP contribution in [0, 0.1) is 5.92 Å². The highest BCUT2D eigenvalue weighted by molar-refractivity contribution is 5.80. The zero-order chi connectivity index (χ0) is 15.3. The smallest absolute Gasteiger partial charge is 0.410 e. The summed E-state index contributed by atoms with van der Waals surface area (Å²) in [6.45, 7) is 5.32. The maximum Gasteiger partial charge on any atom is 0.410 e. The lowest BCUT2D eigenvalue weighted by atomic mass is 9.84. The van der Waals surface area contributed by atoms with Gasteiger partial charge in [0.15, 0.2) is 0 Å². The number of ether oxygens (including phenoxy) is 1. The van der Waals surface area contributed by atoms with Gasteiger partial charge in [0.1, 0.15) is 11.6 Å². The Balaban J connectivity index is 2.64. The van der Waals surface area contributed by atoms with E-state index in [1.54, 1.807) is 20.8 Å². The number of nitrogens with zero attached hydrogens (tertiary/aromatic N) is 1. The van der Waals surface area contributed by atoms with E-state index in [1.165, 1.54) is 18.4 Å². The first-order valence-corrected chi connectivity index (χ1v) is 7.39. The van der Waals surface area contributed by atoms with E-state index in [9.17, 15) is 14.7 Å². The molecule has 0 aromatic heterocycles. The number of amides is 1. The molecule has 1 unspecified atom stereocenters. The Morgan fingerprint density at radius 3 is 2.25 bits per heavy atom. The van der Waals surface area contributed by atoms with Crippen molar-refractivity contribution in [2.24, 2.45) is 5.92 Å². The molecule has 1 fully saturated rings. The van der Waals surface area contributed by atoms with Gasteiger partial charge < -0.3 is 9.84 Å². The second kappa shape index (κ2) is 6.95. The predicted molar refractivity (Wildman–Crippen MR) is 76.6 cm³/mol. The lowest BCUT2D eigenvalue weighted by Gasteiger charge is -2.31. The van der Waals surface area contributed by atoms with E-state index in [-0.39, 0.29) is 0 Å². The predicted octanol–water partition coefficient (Wildman–Crippen LogP) is 3.28. The molecule has 0 bridgehead atoms. The largest absolute Gasteiger partial charge is 0.480 e. The number of rotatable bonds is 4. The Labute approximate surface area is 121 Å². The fourth-order valence-electron chi connectivity index (χ4n) is 2.62. The van der Waals surface area contributed by atoms with Crippen molar-refractivity contribution in [1.82, 2.24) is 4.90 Å². The van der Waals surface area contributed by atoms with Crippen molar-refractivity contribution in [3.8, 4) is 0 Å². The maximum absolute atomic E-state index is 12.0. The number of hydrogen-bond donors (Lipinski definition) is 1. The van der Waals surface area contributed by atoms with E-state index in [0.29, 0.717) is 12.3 Å². The molecule has 1 N–H and O–H groups in total. The van der Waals surface area contributed by atoms with Crippen molar-refractivity contribution >= 4 is 12.1 Å². The average Bonchev–Trinajstić information content (AvgIpc) is 2.34. The number of aliphatic carboxylic acids is 1. The van der Waals surface area contributed by atoms with Crippen molar-refractivity contribution in [3.05, 3.63) is 0 Å². The number of likely N-dealkylation sites (N-methyl/N-ethyl adjacent to an activating group) is 1. The van der Waals surface area contributed by atoms with Crippen molar-refractivity contribution in [2.45, 2.75) is 70.9 Å². The number of carboxylic acids is 1. The van der Waals surface area contributed by atoms with Crippen LogP contribution >= 0.6 is 0 Å². The number of carbonyl (C=O) groups excluding carboxylic acids is 1. The van der Waals surface area contributed by atoms with Gasteiger partial charge in [0.05, 0.1) is 0 Å². The fourth-order valence-corrected chi connectivity index (χ4v) is 2.62. The molecule has 0 aromatic rings. The third-order valence-corrected chi connectivity index (χ3v) is 3.72. The molecular formula is C15H27NO4. The Morgan fingerprint density at radius 1 is 1.25 bits per heavy atom. The first-order chi connectivity index (χ1) is 9.20. The van der Waals surface area contributed by atoms with Gasteiger partial charge in [-0.05, 0) is 33.1 Å². The minimum Gasteiger partial charge on any atom is -0.480 e. The summed E-state index contributed by atoms with van der Waals surface area (Å²) in [5.74, 6) is -0.557. The molecule has 1 saturated carbocycles. The van der Waals surface area contributed by atoms with Crippen molar-refractivity contribution in [3.63, 3.8) is 0 Å². The van der Waals surface area contributed by atoms with Gasteiger partial charge >= 0.3 is 12.1 Å². The number of carbonyl (C=O) groups is 2. The number of carboxylic acid groups (broad SMARTS) is 1. The van der Waals surface area contributed by atoms with Gasteiger partial charge in [0, 0.05) is 7.05 Å². The molecule has 0 aromatic carbocycles. The van der Waals surface area contributed by atoms with Crippen LogP contribution in [0.15, 0.2) is 0 Å². The van der Waals surface area contributed by atoms with E-state index in [1.807, 2.05) is 0 Å². The van der Waals surface area contributed by atoms with E-state index in [2.05, 4.69) is 0 Å². The zero-order valence-electron chi connectivity index (χ0n) is 13.0. The first-order valence-electron chi connectivity index (χ1n) is 7.39. The molecule has 1 aliphatic rings. The lowest BCUT2D eigenvalue weighted by molar-refractivity contribution is -0.143. The number of hydrogen-bond acceptors (Lipinski definition) is 3. The molecule has 1 atom stereocenters. The molecule has 0 radical (unpaired) electrons. The van der Waals surface area contributed by atoms with Gasteiger partial charge in [-0.3, -0.25) is 4.90 Å². The van der Waals surface area contributed by atoms with Crippen LogP contribution in [0.1, 0.15) is 59.3 Å². The molecule has 1 amide bonds. The van der Waals surface area contributed by atoms with E-state index < -0.39 is 23.7 Å². The molecule has 0 aliphatic heterocycles. The summed E-state index contributed by atoms with van der Waals surface area (Å²) in [7, 11) is 1.51. The molecule has 0 saturated heterocycles.